The van der Waals surface area contributed by atoms with Crippen LogP contribution in [0, 0.1) is 0 Å². The summed E-state index contributed by atoms with van der Waals surface area (Å²) in [6, 6.07) is 2.36. The largest absolute Gasteiger partial charge is 0.352 e. The van der Waals surface area contributed by atoms with Crippen LogP contribution >= 0.6 is 15.9 Å². The zero-order valence-electron chi connectivity index (χ0n) is 10.5. The molecule has 0 atom stereocenters. The minimum atomic E-state index is 0.396. The Hall–Kier alpha value is -2.02. The molecule has 0 spiro atoms. The Kier molecular flexibility index (Phi) is 2.66. The van der Waals surface area contributed by atoms with Crippen LogP contribution in [0.4, 0.5) is 5.82 Å². The van der Waals surface area contributed by atoms with Gasteiger partial charge in [-0.1, -0.05) is 0 Å². The van der Waals surface area contributed by atoms with Gasteiger partial charge in [-0.15, -0.1) is 0 Å². The summed E-state index contributed by atoms with van der Waals surface area (Å²) in [5.74, 6) is 0.972. The molecule has 3 aromatic rings. The van der Waals surface area contributed by atoms with Gasteiger partial charge in [-0.3, -0.25) is 9.67 Å². The summed E-state index contributed by atoms with van der Waals surface area (Å²) < 4.78 is 3.00. The molecular weight excluding hydrogens is 320 g/mol. The lowest BCUT2D eigenvalue weighted by Crippen LogP contribution is -2.48. The highest BCUT2D eigenvalue weighted by Crippen LogP contribution is 2.30. The second-order valence-electron chi connectivity index (χ2n) is 4.79. The molecule has 1 aliphatic heterocycles. The third kappa shape index (κ3) is 1.85. The third-order valence-corrected chi connectivity index (χ3v) is 3.93. The van der Waals surface area contributed by atoms with Gasteiger partial charge in [-0.05, 0) is 22.0 Å². The van der Waals surface area contributed by atoms with Gasteiger partial charge in [0.05, 0.1) is 28.4 Å². The van der Waals surface area contributed by atoms with Gasteiger partial charge in [-0.25, -0.2) is 9.97 Å². The average molecular weight is 331 g/mol. The van der Waals surface area contributed by atoms with E-state index < -0.39 is 0 Å². The number of anilines is 1. The molecule has 6 nitrogen and oxygen atoms in total. The summed E-state index contributed by atoms with van der Waals surface area (Å²) >= 11 is 3.42. The first-order valence-electron chi connectivity index (χ1n) is 6.30. The standard InChI is InChI=1S/C13H11BrN6/c14-9-3-18-20(5-9)10-6-19(7-10)13-11-1-2-15-4-12(11)16-8-17-13/h1-5,8,10H,6-7H2. The van der Waals surface area contributed by atoms with Crippen LogP contribution in [0.15, 0.2) is 41.7 Å². The Bertz CT molecular complexity index is 759. The van der Waals surface area contributed by atoms with Crippen molar-refractivity contribution in [3.05, 3.63) is 41.7 Å². The van der Waals surface area contributed by atoms with Crippen molar-refractivity contribution in [2.24, 2.45) is 0 Å². The number of rotatable bonds is 2. The van der Waals surface area contributed by atoms with Gasteiger partial charge in [-0.2, -0.15) is 5.10 Å². The van der Waals surface area contributed by atoms with Crippen molar-refractivity contribution in [3.8, 4) is 0 Å². The Morgan fingerprint density at radius 2 is 2.10 bits per heavy atom. The molecule has 0 aliphatic carbocycles. The third-order valence-electron chi connectivity index (χ3n) is 3.52. The molecular formula is C13H11BrN6. The van der Waals surface area contributed by atoms with Crippen LogP contribution in [0.3, 0.4) is 0 Å². The van der Waals surface area contributed by atoms with E-state index in [1.165, 1.54) is 0 Å². The Balaban J connectivity index is 1.60. The van der Waals surface area contributed by atoms with E-state index in [9.17, 15) is 0 Å². The molecule has 4 heterocycles. The van der Waals surface area contributed by atoms with Crippen LogP contribution in [-0.4, -0.2) is 37.8 Å². The minimum absolute atomic E-state index is 0.396. The normalized spacial score (nSPS) is 15.6. The van der Waals surface area contributed by atoms with Gasteiger partial charge in [0.2, 0.25) is 0 Å². The van der Waals surface area contributed by atoms with Gasteiger partial charge >= 0.3 is 0 Å². The molecule has 0 N–H and O–H groups in total. The van der Waals surface area contributed by atoms with E-state index in [-0.39, 0.29) is 0 Å². The minimum Gasteiger partial charge on any atom is -0.352 e. The van der Waals surface area contributed by atoms with Gasteiger partial charge in [0.25, 0.3) is 0 Å². The van der Waals surface area contributed by atoms with Crippen LogP contribution in [0.5, 0.6) is 0 Å². The molecule has 0 saturated carbocycles. The lowest BCUT2D eigenvalue weighted by molar-refractivity contribution is 0.366. The first kappa shape index (κ1) is 11.8. The van der Waals surface area contributed by atoms with Crippen molar-refractivity contribution in [3.63, 3.8) is 0 Å². The average Bonchev–Trinajstić information content (AvgIpc) is 2.84. The van der Waals surface area contributed by atoms with E-state index >= 15 is 0 Å². The van der Waals surface area contributed by atoms with Crippen molar-refractivity contribution >= 4 is 32.7 Å². The van der Waals surface area contributed by atoms with Crippen LogP contribution < -0.4 is 4.90 Å². The van der Waals surface area contributed by atoms with Crippen LogP contribution in [0.25, 0.3) is 10.9 Å². The number of halogens is 1. The number of fused-ring (bicyclic) bond motifs is 1. The number of pyridine rings is 1. The number of hydrogen-bond acceptors (Lipinski definition) is 5. The van der Waals surface area contributed by atoms with Crippen LogP contribution in [-0.2, 0) is 0 Å². The second-order valence-corrected chi connectivity index (χ2v) is 5.70. The summed E-state index contributed by atoms with van der Waals surface area (Å²) in [6.07, 6.45) is 8.95. The highest BCUT2D eigenvalue weighted by molar-refractivity contribution is 9.10. The molecule has 0 radical (unpaired) electrons. The highest BCUT2D eigenvalue weighted by atomic mass is 79.9. The van der Waals surface area contributed by atoms with Gasteiger partial charge < -0.3 is 4.90 Å². The van der Waals surface area contributed by atoms with Crippen LogP contribution in [0.2, 0.25) is 0 Å². The van der Waals surface area contributed by atoms with Gasteiger partial charge in [0.1, 0.15) is 12.1 Å². The number of aromatic nitrogens is 5. The second kappa shape index (κ2) is 4.52. The molecule has 1 saturated heterocycles. The maximum absolute atomic E-state index is 4.41. The van der Waals surface area contributed by atoms with Crippen molar-refractivity contribution in [1.29, 1.82) is 0 Å². The lowest BCUT2D eigenvalue weighted by Gasteiger charge is -2.40. The zero-order valence-corrected chi connectivity index (χ0v) is 12.1. The lowest BCUT2D eigenvalue weighted by atomic mass is 10.1. The summed E-state index contributed by atoms with van der Waals surface area (Å²) in [5, 5.41) is 5.37. The summed E-state index contributed by atoms with van der Waals surface area (Å²) in [5.41, 5.74) is 0.878. The first-order valence-corrected chi connectivity index (χ1v) is 7.10. The molecule has 3 aromatic heterocycles. The Morgan fingerprint density at radius 3 is 2.90 bits per heavy atom. The Morgan fingerprint density at radius 1 is 1.20 bits per heavy atom. The molecule has 0 unspecified atom stereocenters. The van der Waals surface area contributed by atoms with E-state index in [1.807, 2.05) is 23.1 Å². The fraction of sp³-hybridized carbons (Fsp3) is 0.231. The maximum Gasteiger partial charge on any atom is 0.140 e. The van der Waals surface area contributed by atoms with Crippen molar-refractivity contribution in [1.82, 2.24) is 24.7 Å². The SMILES string of the molecule is Brc1cnn(C2CN(c3ncnc4cnccc34)C2)c1. The summed E-state index contributed by atoms with van der Waals surface area (Å²) in [6.45, 7) is 1.81. The monoisotopic (exact) mass is 330 g/mol. The number of hydrogen-bond donors (Lipinski definition) is 0. The van der Waals surface area contributed by atoms with Crippen molar-refractivity contribution in [2.75, 3.05) is 18.0 Å². The van der Waals surface area contributed by atoms with Gasteiger partial charge in [0, 0.05) is 30.9 Å². The van der Waals surface area contributed by atoms with E-state index in [4.69, 9.17) is 0 Å². The molecule has 4 rings (SSSR count). The van der Waals surface area contributed by atoms with Gasteiger partial charge in [0.15, 0.2) is 0 Å². The predicted octanol–water partition coefficient (Wildman–Crippen LogP) is 2.05. The molecule has 0 bridgehead atoms. The molecule has 1 aliphatic rings. The zero-order chi connectivity index (χ0) is 13.5. The fourth-order valence-corrected chi connectivity index (χ4v) is 2.76. The first-order chi connectivity index (χ1) is 9.81. The van der Waals surface area contributed by atoms with Crippen LogP contribution in [0.1, 0.15) is 6.04 Å². The molecule has 7 heteroatoms. The molecule has 20 heavy (non-hydrogen) atoms. The van der Waals surface area contributed by atoms with E-state index in [2.05, 4.69) is 40.9 Å². The van der Waals surface area contributed by atoms with E-state index in [1.54, 1.807) is 18.7 Å². The van der Waals surface area contributed by atoms with Crippen molar-refractivity contribution in [2.45, 2.75) is 6.04 Å². The molecule has 1 fully saturated rings. The maximum atomic E-state index is 4.41. The van der Waals surface area contributed by atoms with E-state index in [0.29, 0.717) is 6.04 Å². The summed E-state index contributed by atoms with van der Waals surface area (Å²) in [7, 11) is 0. The molecule has 100 valence electrons. The topological polar surface area (TPSA) is 59.7 Å². The Labute approximate surface area is 123 Å². The molecule has 0 aromatic carbocycles. The van der Waals surface area contributed by atoms with Crippen molar-refractivity contribution < 1.29 is 0 Å². The quantitative estimate of drug-likeness (QED) is 0.719. The summed E-state index contributed by atoms with van der Waals surface area (Å²) in [4.78, 5) is 15.0. The highest BCUT2D eigenvalue weighted by Gasteiger charge is 2.30. The number of nitrogens with zero attached hydrogens (tertiary/aromatic N) is 6. The predicted molar refractivity (Wildman–Crippen MR) is 78.5 cm³/mol. The van der Waals surface area contributed by atoms with E-state index in [0.717, 1.165) is 34.3 Å². The molecule has 0 amide bonds. The smallest absolute Gasteiger partial charge is 0.140 e. The fourth-order valence-electron chi connectivity index (χ4n) is 2.46.